The number of aromatic nitrogens is 2. The highest BCUT2D eigenvalue weighted by atomic mass is 32.2. The molecule has 19 heavy (non-hydrogen) atoms. The van der Waals surface area contributed by atoms with Crippen molar-refractivity contribution in [3.8, 4) is 0 Å². The molecule has 104 valence electrons. The van der Waals surface area contributed by atoms with Crippen LogP contribution in [0, 0.1) is 6.92 Å². The monoisotopic (exact) mass is 300 g/mol. The maximum absolute atomic E-state index is 12.2. The fraction of sp³-hybridized carbons (Fsp3) is 0.364. The van der Waals surface area contributed by atoms with Crippen LogP contribution >= 0.6 is 11.3 Å². The molecule has 2 rings (SSSR count). The average Bonchev–Trinajstić information content (AvgIpc) is 2.88. The molecule has 0 aliphatic carbocycles. The number of nitrogens with two attached hydrogens (primary N) is 1. The number of anilines is 1. The van der Waals surface area contributed by atoms with Crippen molar-refractivity contribution in [2.24, 2.45) is 7.05 Å². The number of nitrogens with one attached hydrogen (secondary N) is 1. The highest BCUT2D eigenvalue weighted by Gasteiger charge is 2.23. The lowest BCUT2D eigenvalue weighted by molar-refractivity contribution is 0.581. The Kier molecular flexibility index (Phi) is 3.93. The van der Waals surface area contributed by atoms with E-state index < -0.39 is 10.0 Å². The van der Waals surface area contributed by atoms with Gasteiger partial charge < -0.3 is 5.73 Å². The smallest absolute Gasteiger partial charge is 0.246 e. The summed E-state index contributed by atoms with van der Waals surface area (Å²) in [5.74, 6) is 0.0306. The molecule has 0 unspecified atom stereocenters. The third-order valence-corrected chi connectivity index (χ3v) is 5.22. The summed E-state index contributed by atoms with van der Waals surface area (Å²) < 4.78 is 28.4. The van der Waals surface area contributed by atoms with Gasteiger partial charge >= 0.3 is 0 Å². The van der Waals surface area contributed by atoms with Gasteiger partial charge in [0.1, 0.15) is 4.90 Å². The molecule has 3 N–H and O–H groups in total. The second-order valence-electron chi connectivity index (χ2n) is 4.20. The van der Waals surface area contributed by atoms with Gasteiger partial charge in [-0.2, -0.15) is 16.4 Å². The van der Waals surface area contributed by atoms with Gasteiger partial charge in [0.25, 0.3) is 0 Å². The number of aryl methyl sites for hydroxylation is 1. The van der Waals surface area contributed by atoms with Gasteiger partial charge in [-0.3, -0.25) is 4.68 Å². The molecule has 6 nitrogen and oxygen atoms in total. The number of nitrogen functional groups attached to an aromatic ring is 1. The van der Waals surface area contributed by atoms with E-state index in [1.165, 1.54) is 4.68 Å². The number of sulfonamides is 1. The van der Waals surface area contributed by atoms with Crippen molar-refractivity contribution in [2.75, 3.05) is 12.3 Å². The van der Waals surface area contributed by atoms with Gasteiger partial charge in [-0.1, -0.05) is 0 Å². The van der Waals surface area contributed by atoms with E-state index in [1.54, 1.807) is 25.3 Å². The summed E-state index contributed by atoms with van der Waals surface area (Å²) in [5, 5.41) is 7.88. The van der Waals surface area contributed by atoms with Crippen LogP contribution in [-0.4, -0.2) is 24.7 Å². The Morgan fingerprint density at radius 3 is 2.79 bits per heavy atom. The SMILES string of the molecule is Cc1c(S(=O)(=O)NCCc2ccsc2)c(N)nn1C. The average molecular weight is 300 g/mol. The van der Waals surface area contributed by atoms with E-state index >= 15 is 0 Å². The second-order valence-corrected chi connectivity index (χ2v) is 6.69. The van der Waals surface area contributed by atoms with Gasteiger partial charge in [0.05, 0.1) is 5.69 Å². The number of thiophene rings is 1. The predicted octanol–water partition coefficient (Wildman–Crippen LogP) is 0.893. The van der Waals surface area contributed by atoms with Gasteiger partial charge in [0.15, 0.2) is 5.82 Å². The Bertz CT molecular complexity index is 659. The lowest BCUT2D eigenvalue weighted by atomic mass is 10.2. The maximum atomic E-state index is 12.2. The molecule has 0 radical (unpaired) electrons. The van der Waals surface area contributed by atoms with E-state index in [0.29, 0.717) is 18.7 Å². The van der Waals surface area contributed by atoms with Crippen LogP contribution in [0.3, 0.4) is 0 Å². The standard InChI is InChI=1S/C11H16N4O2S2/c1-8-10(11(12)14-15(8)2)19(16,17)13-5-3-9-4-6-18-7-9/h4,6-7,13H,3,5H2,1-2H3,(H2,12,14). The van der Waals surface area contributed by atoms with Gasteiger partial charge in [-0.15, -0.1) is 0 Å². The first kappa shape index (κ1) is 14.0. The van der Waals surface area contributed by atoms with Crippen molar-refractivity contribution in [3.05, 3.63) is 28.1 Å². The first-order chi connectivity index (χ1) is 8.92. The molecular weight excluding hydrogens is 284 g/mol. The van der Waals surface area contributed by atoms with Crippen molar-refractivity contribution in [1.29, 1.82) is 0 Å². The van der Waals surface area contributed by atoms with Crippen LogP contribution in [-0.2, 0) is 23.5 Å². The fourth-order valence-electron chi connectivity index (χ4n) is 1.78. The molecule has 0 aromatic carbocycles. The van der Waals surface area contributed by atoms with Crippen molar-refractivity contribution in [2.45, 2.75) is 18.2 Å². The summed E-state index contributed by atoms with van der Waals surface area (Å²) >= 11 is 1.59. The molecule has 2 aromatic heterocycles. The van der Waals surface area contributed by atoms with Crippen LogP contribution in [0.5, 0.6) is 0 Å². The summed E-state index contributed by atoms with van der Waals surface area (Å²) in [6.45, 7) is 2.02. The Morgan fingerprint density at radius 2 is 2.26 bits per heavy atom. The first-order valence-corrected chi connectivity index (χ1v) is 8.14. The number of nitrogens with zero attached hydrogens (tertiary/aromatic N) is 2. The van der Waals surface area contributed by atoms with E-state index in [2.05, 4.69) is 9.82 Å². The quantitative estimate of drug-likeness (QED) is 0.858. The van der Waals surface area contributed by atoms with Crippen LogP contribution in [0.15, 0.2) is 21.7 Å². The van der Waals surface area contributed by atoms with E-state index in [-0.39, 0.29) is 10.7 Å². The minimum absolute atomic E-state index is 0.0306. The normalized spacial score (nSPS) is 11.9. The molecule has 0 fully saturated rings. The minimum Gasteiger partial charge on any atom is -0.381 e. The number of hydrogen-bond acceptors (Lipinski definition) is 5. The zero-order valence-electron chi connectivity index (χ0n) is 10.8. The molecule has 0 saturated heterocycles. The molecule has 0 aliphatic heterocycles. The molecule has 0 aliphatic rings. The highest BCUT2D eigenvalue weighted by molar-refractivity contribution is 7.89. The van der Waals surface area contributed by atoms with Crippen molar-refractivity contribution in [1.82, 2.24) is 14.5 Å². The zero-order valence-corrected chi connectivity index (χ0v) is 12.4. The van der Waals surface area contributed by atoms with Crippen LogP contribution in [0.2, 0.25) is 0 Å². The van der Waals surface area contributed by atoms with Crippen molar-refractivity contribution < 1.29 is 8.42 Å². The van der Waals surface area contributed by atoms with E-state index in [0.717, 1.165) is 5.56 Å². The molecule has 2 heterocycles. The van der Waals surface area contributed by atoms with Crippen LogP contribution in [0.25, 0.3) is 0 Å². The minimum atomic E-state index is -3.61. The van der Waals surface area contributed by atoms with Crippen LogP contribution in [0.4, 0.5) is 5.82 Å². The first-order valence-electron chi connectivity index (χ1n) is 5.71. The third kappa shape index (κ3) is 2.96. The van der Waals surface area contributed by atoms with Crippen LogP contribution < -0.4 is 10.5 Å². The summed E-state index contributed by atoms with van der Waals surface area (Å²) in [5.41, 5.74) is 7.29. The van der Waals surface area contributed by atoms with Crippen LogP contribution in [0.1, 0.15) is 11.3 Å². The molecule has 0 atom stereocenters. The Balaban J connectivity index is 2.10. The molecule has 8 heteroatoms. The maximum Gasteiger partial charge on any atom is 0.246 e. The Morgan fingerprint density at radius 1 is 1.53 bits per heavy atom. The van der Waals surface area contributed by atoms with Crippen molar-refractivity contribution in [3.63, 3.8) is 0 Å². The summed E-state index contributed by atoms with van der Waals surface area (Å²) in [6, 6.07) is 1.97. The molecule has 2 aromatic rings. The molecule has 0 spiro atoms. The largest absolute Gasteiger partial charge is 0.381 e. The molecular formula is C11H16N4O2S2. The zero-order chi connectivity index (χ0) is 14.0. The second kappa shape index (κ2) is 5.32. The van der Waals surface area contributed by atoms with Gasteiger partial charge in [0, 0.05) is 13.6 Å². The Labute approximate surface area is 116 Å². The fourth-order valence-corrected chi connectivity index (χ4v) is 3.84. The third-order valence-electron chi connectivity index (χ3n) is 2.86. The molecule has 0 amide bonds. The van der Waals surface area contributed by atoms with E-state index in [4.69, 9.17) is 5.73 Å². The van der Waals surface area contributed by atoms with Gasteiger partial charge in [-0.25, -0.2) is 13.1 Å². The van der Waals surface area contributed by atoms with Gasteiger partial charge in [-0.05, 0) is 35.7 Å². The molecule has 0 bridgehead atoms. The highest BCUT2D eigenvalue weighted by Crippen LogP contribution is 2.20. The van der Waals surface area contributed by atoms with E-state index in [1.807, 2.05) is 16.8 Å². The summed E-state index contributed by atoms with van der Waals surface area (Å²) in [4.78, 5) is 0.0697. The molecule has 0 saturated carbocycles. The Hall–Kier alpha value is -1.38. The van der Waals surface area contributed by atoms with E-state index in [9.17, 15) is 8.42 Å². The lowest BCUT2D eigenvalue weighted by Crippen LogP contribution is -2.27. The van der Waals surface area contributed by atoms with Gasteiger partial charge in [0.2, 0.25) is 10.0 Å². The summed E-state index contributed by atoms with van der Waals surface area (Å²) in [6.07, 6.45) is 0.655. The lowest BCUT2D eigenvalue weighted by Gasteiger charge is -2.06. The predicted molar refractivity (Wildman–Crippen MR) is 75.6 cm³/mol. The number of hydrogen-bond donors (Lipinski definition) is 2. The van der Waals surface area contributed by atoms with Crippen molar-refractivity contribution >= 4 is 27.2 Å². The topological polar surface area (TPSA) is 90.0 Å². The number of rotatable bonds is 5. The summed E-state index contributed by atoms with van der Waals surface area (Å²) in [7, 11) is -1.95.